The number of carboxylic acid groups (broad SMARTS) is 1. The molecule has 0 aromatic heterocycles. The van der Waals surface area contributed by atoms with Crippen LogP contribution in [-0.4, -0.2) is 23.4 Å². The number of carboxylic acids is 1. The van der Waals surface area contributed by atoms with Crippen molar-refractivity contribution in [2.75, 3.05) is 0 Å². The highest BCUT2D eigenvalue weighted by molar-refractivity contribution is 5.67. The van der Waals surface area contributed by atoms with Gasteiger partial charge in [-0.3, -0.25) is 4.79 Å². The Morgan fingerprint density at radius 2 is 2.08 bits per heavy atom. The first-order valence-electron chi connectivity index (χ1n) is 4.09. The summed E-state index contributed by atoms with van der Waals surface area (Å²) < 4.78 is 25.6. The van der Waals surface area contributed by atoms with Crippen molar-refractivity contribution >= 4 is 5.97 Å². The number of halogens is 2. The molecule has 2 nitrogen and oxygen atoms in total. The van der Waals surface area contributed by atoms with Crippen LogP contribution in [0, 0.1) is 5.92 Å². The molecule has 0 amide bonds. The number of rotatable bonds is 2. The topological polar surface area (TPSA) is 37.3 Å². The predicted molar refractivity (Wildman–Crippen MR) is 39.4 cm³/mol. The second-order valence-corrected chi connectivity index (χ2v) is 3.28. The average molecular weight is 178 g/mol. The molecule has 0 bridgehead atoms. The van der Waals surface area contributed by atoms with Crippen LogP contribution in [-0.2, 0) is 4.79 Å². The van der Waals surface area contributed by atoms with Crippen LogP contribution in [0.25, 0.3) is 0 Å². The SMILES string of the molecule is O=C(O)CC1CC(F)CCC1F. The molecular weight excluding hydrogens is 166 g/mol. The third-order valence-corrected chi connectivity index (χ3v) is 2.26. The van der Waals surface area contributed by atoms with Gasteiger partial charge in [0.05, 0.1) is 6.42 Å². The summed E-state index contributed by atoms with van der Waals surface area (Å²) in [5.74, 6) is -1.66. The first-order valence-corrected chi connectivity index (χ1v) is 4.09. The minimum atomic E-state index is -1.13. The van der Waals surface area contributed by atoms with Gasteiger partial charge in [-0.05, 0) is 19.3 Å². The van der Waals surface area contributed by atoms with Crippen LogP contribution in [0.2, 0.25) is 0 Å². The molecule has 0 spiro atoms. The Balaban J connectivity index is 2.43. The van der Waals surface area contributed by atoms with E-state index < -0.39 is 24.2 Å². The van der Waals surface area contributed by atoms with E-state index in [1.54, 1.807) is 0 Å². The van der Waals surface area contributed by atoms with Gasteiger partial charge in [0.15, 0.2) is 0 Å². The molecule has 0 radical (unpaired) electrons. The number of alkyl halides is 2. The normalized spacial score (nSPS) is 36.3. The lowest BCUT2D eigenvalue weighted by molar-refractivity contribution is -0.139. The Bertz CT molecular complexity index is 172. The molecular formula is C8H12F2O2. The van der Waals surface area contributed by atoms with Crippen LogP contribution in [0.4, 0.5) is 8.78 Å². The molecule has 0 heterocycles. The fourth-order valence-corrected chi connectivity index (χ4v) is 1.61. The lowest BCUT2D eigenvalue weighted by atomic mass is 9.84. The molecule has 1 aliphatic rings. The molecule has 0 aliphatic heterocycles. The fraction of sp³-hybridized carbons (Fsp3) is 0.875. The van der Waals surface area contributed by atoms with E-state index in [9.17, 15) is 13.6 Å². The number of carbonyl (C=O) groups is 1. The van der Waals surface area contributed by atoms with Gasteiger partial charge in [0.1, 0.15) is 12.3 Å². The summed E-state index contributed by atoms with van der Waals surface area (Å²) >= 11 is 0. The smallest absolute Gasteiger partial charge is 0.303 e. The zero-order valence-electron chi connectivity index (χ0n) is 6.67. The highest BCUT2D eigenvalue weighted by Gasteiger charge is 2.31. The molecule has 1 rings (SSSR count). The van der Waals surface area contributed by atoms with Crippen LogP contribution < -0.4 is 0 Å². The maximum atomic E-state index is 13.0. The maximum absolute atomic E-state index is 13.0. The van der Waals surface area contributed by atoms with E-state index in [0.717, 1.165) is 0 Å². The van der Waals surface area contributed by atoms with Crippen molar-refractivity contribution in [2.45, 2.75) is 38.0 Å². The van der Waals surface area contributed by atoms with Gasteiger partial charge in [-0.25, -0.2) is 8.78 Å². The molecule has 1 N–H and O–H groups in total. The van der Waals surface area contributed by atoms with Gasteiger partial charge in [-0.15, -0.1) is 0 Å². The van der Waals surface area contributed by atoms with Crippen molar-refractivity contribution in [3.05, 3.63) is 0 Å². The standard InChI is InChI=1S/C8H12F2O2/c9-6-1-2-7(10)5(3-6)4-8(11)12/h5-7H,1-4H2,(H,11,12). The molecule has 1 fully saturated rings. The van der Waals surface area contributed by atoms with Gasteiger partial charge in [0, 0.05) is 5.92 Å². The molecule has 70 valence electrons. The summed E-state index contributed by atoms with van der Waals surface area (Å²) in [4.78, 5) is 10.2. The summed E-state index contributed by atoms with van der Waals surface area (Å²) in [6.07, 6.45) is -1.93. The van der Waals surface area contributed by atoms with E-state index in [4.69, 9.17) is 5.11 Å². The Kier molecular flexibility index (Phi) is 3.00. The molecule has 0 saturated heterocycles. The third kappa shape index (κ3) is 2.43. The molecule has 0 aromatic carbocycles. The van der Waals surface area contributed by atoms with Crippen LogP contribution in [0.1, 0.15) is 25.7 Å². The van der Waals surface area contributed by atoms with E-state index in [1.807, 2.05) is 0 Å². The third-order valence-electron chi connectivity index (χ3n) is 2.26. The molecule has 12 heavy (non-hydrogen) atoms. The fourth-order valence-electron chi connectivity index (χ4n) is 1.61. The summed E-state index contributed by atoms with van der Waals surface area (Å²) in [7, 11) is 0. The van der Waals surface area contributed by atoms with Crippen molar-refractivity contribution in [1.82, 2.24) is 0 Å². The van der Waals surface area contributed by atoms with E-state index in [2.05, 4.69) is 0 Å². The summed E-state index contributed by atoms with van der Waals surface area (Å²) in [6.45, 7) is 0. The van der Waals surface area contributed by atoms with Gasteiger partial charge in [0.2, 0.25) is 0 Å². The molecule has 1 saturated carbocycles. The number of hydrogen-bond donors (Lipinski definition) is 1. The van der Waals surface area contributed by atoms with E-state index >= 15 is 0 Å². The molecule has 1 aliphatic carbocycles. The highest BCUT2D eigenvalue weighted by Crippen LogP contribution is 2.31. The van der Waals surface area contributed by atoms with Gasteiger partial charge in [-0.1, -0.05) is 0 Å². The van der Waals surface area contributed by atoms with Crippen LogP contribution in [0.15, 0.2) is 0 Å². The first kappa shape index (κ1) is 9.42. The van der Waals surface area contributed by atoms with Crippen molar-refractivity contribution in [1.29, 1.82) is 0 Å². The Morgan fingerprint density at radius 3 is 2.67 bits per heavy atom. The predicted octanol–water partition coefficient (Wildman–Crippen LogP) is 1.94. The lowest BCUT2D eigenvalue weighted by Gasteiger charge is -2.26. The van der Waals surface area contributed by atoms with E-state index in [0.29, 0.717) is 0 Å². The molecule has 0 aromatic rings. The second kappa shape index (κ2) is 3.83. The Hall–Kier alpha value is -0.670. The van der Waals surface area contributed by atoms with Gasteiger partial charge in [0.25, 0.3) is 0 Å². The Labute approximate surface area is 69.6 Å². The number of aliphatic carboxylic acids is 1. The van der Waals surface area contributed by atoms with Crippen molar-refractivity contribution < 1.29 is 18.7 Å². The zero-order chi connectivity index (χ0) is 9.14. The Morgan fingerprint density at radius 1 is 1.42 bits per heavy atom. The average Bonchev–Trinajstić information content (AvgIpc) is 1.96. The monoisotopic (exact) mass is 178 g/mol. The minimum absolute atomic E-state index is 0.0630. The van der Waals surface area contributed by atoms with Gasteiger partial charge in [-0.2, -0.15) is 0 Å². The minimum Gasteiger partial charge on any atom is -0.481 e. The second-order valence-electron chi connectivity index (χ2n) is 3.28. The van der Waals surface area contributed by atoms with Crippen molar-refractivity contribution in [3.63, 3.8) is 0 Å². The molecule has 3 atom stereocenters. The van der Waals surface area contributed by atoms with Gasteiger partial charge >= 0.3 is 5.97 Å². The summed E-state index contributed by atoms with van der Waals surface area (Å²) in [5.41, 5.74) is 0. The largest absolute Gasteiger partial charge is 0.481 e. The van der Waals surface area contributed by atoms with E-state index in [-0.39, 0.29) is 25.7 Å². The maximum Gasteiger partial charge on any atom is 0.303 e. The van der Waals surface area contributed by atoms with Crippen LogP contribution in [0.5, 0.6) is 0 Å². The summed E-state index contributed by atoms with van der Waals surface area (Å²) in [5, 5.41) is 8.38. The van der Waals surface area contributed by atoms with Crippen molar-refractivity contribution in [3.8, 4) is 0 Å². The van der Waals surface area contributed by atoms with Gasteiger partial charge < -0.3 is 5.11 Å². The quantitative estimate of drug-likeness (QED) is 0.701. The lowest BCUT2D eigenvalue weighted by Crippen LogP contribution is -2.28. The molecule has 4 heteroatoms. The first-order chi connectivity index (χ1) is 5.59. The van der Waals surface area contributed by atoms with E-state index in [1.165, 1.54) is 0 Å². The zero-order valence-corrected chi connectivity index (χ0v) is 6.67. The molecule has 3 unspecified atom stereocenters. The highest BCUT2D eigenvalue weighted by atomic mass is 19.1. The number of hydrogen-bond acceptors (Lipinski definition) is 1. The summed E-state index contributed by atoms with van der Waals surface area (Å²) in [6, 6.07) is 0. The van der Waals surface area contributed by atoms with Crippen LogP contribution >= 0.6 is 0 Å². The van der Waals surface area contributed by atoms with Crippen LogP contribution in [0.3, 0.4) is 0 Å². The van der Waals surface area contributed by atoms with Crippen molar-refractivity contribution in [2.24, 2.45) is 5.92 Å².